The van der Waals surface area contributed by atoms with Crippen molar-refractivity contribution in [3.63, 3.8) is 0 Å². The van der Waals surface area contributed by atoms with E-state index in [0.717, 1.165) is 17.4 Å². The highest BCUT2D eigenvalue weighted by Crippen LogP contribution is 2.35. The number of benzene rings is 1. The van der Waals surface area contributed by atoms with E-state index in [4.69, 9.17) is 5.26 Å². The van der Waals surface area contributed by atoms with Crippen molar-refractivity contribution in [2.75, 3.05) is 0 Å². The van der Waals surface area contributed by atoms with Crippen molar-refractivity contribution in [2.24, 2.45) is 0 Å². The number of para-hydroxylation sites is 1. The third kappa shape index (κ3) is 1.66. The average Bonchev–Trinajstić information content (AvgIpc) is 2.57. The van der Waals surface area contributed by atoms with Crippen molar-refractivity contribution < 1.29 is 13.2 Å². The fourth-order valence-electron chi connectivity index (χ4n) is 1.23. The Morgan fingerprint density at radius 2 is 2.07 bits per heavy atom. The molecule has 0 bridgehead atoms. The van der Waals surface area contributed by atoms with Crippen molar-refractivity contribution in [2.45, 2.75) is 6.18 Å². The first-order chi connectivity index (χ1) is 7.02. The molecule has 1 aromatic heterocycles. The number of hydrogen-bond donors (Lipinski definition) is 0. The first-order valence-electron chi connectivity index (χ1n) is 3.89. The van der Waals surface area contributed by atoms with Gasteiger partial charge in [-0.25, -0.2) is 4.98 Å². The Balaban J connectivity index is 2.77. The average molecular weight is 228 g/mol. The van der Waals surface area contributed by atoms with Crippen LogP contribution in [0.1, 0.15) is 10.6 Å². The molecule has 0 spiro atoms. The molecule has 0 atom stereocenters. The molecule has 0 aliphatic heterocycles. The molecule has 6 heteroatoms. The summed E-state index contributed by atoms with van der Waals surface area (Å²) in [5.74, 6) is 0. The number of thiazole rings is 1. The molecular formula is C9H3F3N2S. The van der Waals surface area contributed by atoms with Gasteiger partial charge >= 0.3 is 6.18 Å². The van der Waals surface area contributed by atoms with Crippen LogP contribution in [0.5, 0.6) is 0 Å². The Morgan fingerprint density at radius 1 is 1.33 bits per heavy atom. The molecule has 0 saturated heterocycles. The summed E-state index contributed by atoms with van der Waals surface area (Å²) >= 11 is 0.955. The maximum absolute atomic E-state index is 12.5. The van der Waals surface area contributed by atoms with Gasteiger partial charge in [0.1, 0.15) is 6.07 Å². The molecule has 0 amide bonds. The molecule has 2 nitrogen and oxygen atoms in total. The van der Waals surface area contributed by atoms with Crippen LogP contribution in [0.3, 0.4) is 0 Å². The van der Waals surface area contributed by atoms with Crippen LogP contribution in [0, 0.1) is 11.3 Å². The van der Waals surface area contributed by atoms with Crippen LogP contribution in [-0.2, 0) is 6.18 Å². The Bertz CT molecular complexity index is 550. The number of nitriles is 1. The lowest BCUT2D eigenvalue weighted by Gasteiger charge is -2.05. The van der Waals surface area contributed by atoms with Gasteiger partial charge in [0.05, 0.1) is 15.8 Å². The topological polar surface area (TPSA) is 36.7 Å². The van der Waals surface area contributed by atoms with Gasteiger partial charge in [-0.15, -0.1) is 11.3 Å². The highest BCUT2D eigenvalue weighted by Gasteiger charge is 2.33. The van der Waals surface area contributed by atoms with Gasteiger partial charge in [0, 0.05) is 0 Å². The molecule has 2 aromatic rings. The molecule has 0 N–H and O–H groups in total. The second-order valence-electron chi connectivity index (χ2n) is 2.78. The van der Waals surface area contributed by atoms with E-state index < -0.39 is 11.7 Å². The van der Waals surface area contributed by atoms with Crippen LogP contribution in [0.25, 0.3) is 10.2 Å². The summed E-state index contributed by atoms with van der Waals surface area (Å²) in [6.45, 7) is 0. The van der Waals surface area contributed by atoms with Crippen LogP contribution in [0.4, 0.5) is 13.2 Å². The van der Waals surface area contributed by atoms with E-state index in [-0.39, 0.29) is 10.5 Å². The highest BCUT2D eigenvalue weighted by molar-refractivity contribution is 7.19. The normalized spacial score (nSPS) is 11.6. The molecule has 0 saturated carbocycles. The molecule has 2 rings (SSSR count). The number of hydrogen-bond acceptors (Lipinski definition) is 3. The van der Waals surface area contributed by atoms with Crippen LogP contribution in [-0.4, -0.2) is 4.98 Å². The second kappa shape index (κ2) is 3.21. The molecule has 0 aliphatic rings. The van der Waals surface area contributed by atoms with Gasteiger partial charge in [0.25, 0.3) is 0 Å². The zero-order valence-electron chi connectivity index (χ0n) is 7.17. The standard InChI is InChI=1S/C9H3F3N2S/c10-9(11,12)5-2-1-3-6-8(5)14-7(4-13)15-6/h1-3H. The lowest BCUT2D eigenvalue weighted by atomic mass is 10.2. The Labute approximate surface area is 86.6 Å². The summed E-state index contributed by atoms with van der Waals surface area (Å²) in [5, 5.41) is 8.59. The molecule has 0 fully saturated rings. The third-order valence-electron chi connectivity index (χ3n) is 1.82. The minimum atomic E-state index is -4.43. The van der Waals surface area contributed by atoms with Crippen molar-refractivity contribution in [1.29, 1.82) is 5.26 Å². The van der Waals surface area contributed by atoms with E-state index in [1.165, 1.54) is 12.1 Å². The van der Waals surface area contributed by atoms with Crippen molar-refractivity contribution in [3.05, 3.63) is 28.8 Å². The first-order valence-corrected chi connectivity index (χ1v) is 4.71. The largest absolute Gasteiger partial charge is 0.418 e. The van der Waals surface area contributed by atoms with Gasteiger partial charge < -0.3 is 0 Å². The molecule has 76 valence electrons. The van der Waals surface area contributed by atoms with Crippen LogP contribution >= 0.6 is 11.3 Å². The van der Waals surface area contributed by atoms with Gasteiger partial charge in [-0.1, -0.05) is 6.07 Å². The molecule has 0 aliphatic carbocycles. The number of rotatable bonds is 0. The van der Waals surface area contributed by atoms with E-state index in [1.807, 2.05) is 0 Å². The first kappa shape index (κ1) is 9.93. The minimum absolute atomic E-state index is 0.0432. The van der Waals surface area contributed by atoms with Gasteiger partial charge in [0.15, 0.2) is 5.01 Å². The summed E-state index contributed by atoms with van der Waals surface area (Å²) < 4.78 is 37.9. The summed E-state index contributed by atoms with van der Waals surface area (Å²) in [7, 11) is 0. The van der Waals surface area contributed by atoms with E-state index in [9.17, 15) is 13.2 Å². The quantitative estimate of drug-likeness (QED) is 0.694. The zero-order chi connectivity index (χ0) is 11.1. The van der Waals surface area contributed by atoms with Gasteiger partial charge in [-0.3, -0.25) is 0 Å². The van der Waals surface area contributed by atoms with E-state index in [0.29, 0.717) is 4.70 Å². The molecule has 0 radical (unpaired) electrons. The molecule has 15 heavy (non-hydrogen) atoms. The molecule has 1 aromatic carbocycles. The van der Waals surface area contributed by atoms with E-state index >= 15 is 0 Å². The number of aromatic nitrogens is 1. The van der Waals surface area contributed by atoms with Gasteiger partial charge in [-0.2, -0.15) is 18.4 Å². The van der Waals surface area contributed by atoms with Crippen LogP contribution in [0.2, 0.25) is 0 Å². The van der Waals surface area contributed by atoms with Gasteiger partial charge in [-0.05, 0) is 12.1 Å². The maximum Gasteiger partial charge on any atom is 0.418 e. The summed E-state index contributed by atoms with van der Waals surface area (Å²) in [5.41, 5.74) is -0.940. The van der Waals surface area contributed by atoms with Crippen LogP contribution in [0.15, 0.2) is 18.2 Å². The fraction of sp³-hybridized carbons (Fsp3) is 0.111. The van der Waals surface area contributed by atoms with Crippen molar-refractivity contribution in [1.82, 2.24) is 4.98 Å². The number of nitrogens with zero attached hydrogens (tertiary/aromatic N) is 2. The molecule has 1 heterocycles. The SMILES string of the molecule is N#Cc1nc2c(C(F)(F)F)cccc2s1. The predicted octanol–water partition coefficient (Wildman–Crippen LogP) is 3.19. The lowest BCUT2D eigenvalue weighted by molar-refractivity contribution is -0.136. The number of alkyl halides is 3. The summed E-state index contributed by atoms with van der Waals surface area (Å²) in [6.07, 6.45) is -4.43. The smallest absolute Gasteiger partial charge is 0.225 e. The minimum Gasteiger partial charge on any atom is -0.225 e. The van der Waals surface area contributed by atoms with Crippen molar-refractivity contribution in [3.8, 4) is 6.07 Å². The van der Waals surface area contributed by atoms with E-state index in [2.05, 4.69) is 4.98 Å². The zero-order valence-corrected chi connectivity index (χ0v) is 7.99. The maximum atomic E-state index is 12.5. The van der Waals surface area contributed by atoms with Crippen LogP contribution < -0.4 is 0 Å². The lowest BCUT2D eigenvalue weighted by Crippen LogP contribution is -2.05. The van der Waals surface area contributed by atoms with Gasteiger partial charge in [0.2, 0.25) is 0 Å². The number of halogens is 3. The second-order valence-corrected chi connectivity index (χ2v) is 3.81. The Hall–Kier alpha value is -1.61. The summed E-state index contributed by atoms with van der Waals surface area (Å²) in [6, 6.07) is 5.52. The van der Waals surface area contributed by atoms with E-state index in [1.54, 1.807) is 6.07 Å². The Morgan fingerprint density at radius 3 is 2.67 bits per heavy atom. The number of fused-ring (bicyclic) bond motifs is 1. The highest BCUT2D eigenvalue weighted by atomic mass is 32.1. The monoisotopic (exact) mass is 228 g/mol. The fourth-order valence-corrected chi connectivity index (χ4v) is 2.01. The summed E-state index contributed by atoms with van der Waals surface area (Å²) in [4.78, 5) is 3.64. The predicted molar refractivity (Wildman–Crippen MR) is 49.3 cm³/mol. The molecular weight excluding hydrogens is 225 g/mol. The molecule has 0 unspecified atom stereocenters. The third-order valence-corrected chi connectivity index (χ3v) is 2.75. The van der Waals surface area contributed by atoms with Crippen molar-refractivity contribution >= 4 is 21.6 Å². The Kier molecular flexibility index (Phi) is 2.12.